The predicted octanol–water partition coefficient (Wildman–Crippen LogP) is 5.75. The highest BCUT2D eigenvalue weighted by Crippen LogP contribution is 2.34. The van der Waals surface area contributed by atoms with E-state index in [-0.39, 0.29) is 30.9 Å². The van der Waals surface area contributed by atoms with Crippen molar-refractivity contribution in [2.75, 3.05) is 17.9 Å². The van der Waals surface area contributed by atoms with E-state index in [1.807, 2.05) is 37.4 Å². The highest BCUT2D eigenvalue weighted by molar-refractivity contribution is 7.99. The first-order valence-corrected chi connectivity index (χ1v) is 14.6. The number of hydrogen-bond acceptors (Lipinski definition) is 9. The molecule has 1 atom stereocenters. The van der Waals surface area contributed by atoms with E-state index in [4.69, 9.17) is 26.1 Å². The standard InChI is InChI=1S/C28H26ClN5O4S2/c1-16-10-17(2)31-28(30-16)40-14-26(35)34(12-25-33-22(13-39-25)19-4-6-20(29)7-5-19)18(3)27(36)32-21-8-9-23-24(11-21)38-15-37-23/h4-11,13,18H,12,14-15H2,1-3H3,(H,32,36). The number of nitrogens with one attached hydrogen (secondary N) is 1. The summed E-state index contributed by atoms with van der Waals surface area (Å²) in [5.41, 5.74) is 3.90. The van der Waals surface area contributed by atoms with Crippen molar-refractivity contribution in [2.24, 2.45) is 0 Å². The van der Waals surface area contributed by atoms with Gasteiger partial charge < -0.3 is 19.7 Å². The summed E-state index contributed by atoms with van der Waals surface area (Å²) in [4.78, 5) is 42.0. The van der Waals surface area contributed by atoms with Crippen LogP contribution in [0.15, 0.2) is 59.1 Å². The number of aryl methyl sites for hydroxylation is 2. The number of thioether (sulfide) groups is 1. The van der Waals surface area contributed by atoms with E-state index >= 15 is 0 Å². The molecule has 1 unspecified atom stereocenters. The number of anilines is 1. The summed E-state index contributed by atoms with van der Waals surface area (Å²) in [6.45, 7) is 5.78. The maximum absolute atomic E-state index is 13.6. The van der Waals surface area contributed by atoms with E-state index < -0.39 is 6.04 Å². The molecule has 0 radical (unpaired) electrons. The van der Waals surface area contributed by atoms with Crippen molar-refractivity contribution >= 4 is 52.2 Å². The molecule has 1 aliphatic rings. The molecule has 0 saturated carbocycles. The molecular weight excluding hydrogens is 570 g/mol. The number of carbonyl (C=O) groups excluding carboxylic acids is 2. The average molecular weight is 596 g/mol. The Morgan fingerprint density at radius 1 is 1.05 bits per heavy atom. The zero-order valence-electron chi connectivity index (χ0n) is 22.0. The van der Waals surface area contributed by atoms with Crippen molar-refractivity contribution in [3.05, 3.63) is 75.3 Å². The molecule has 2 aromatic heterocycles. The topological polar surface area (TPSA) is 107 Å². The number of rotatable bonds is 9. The Bertz CT molecular complexity index is 1530. The number of fused-ring (bicyclic) bond motifs is 1. The van der Waals surface area contributed by atoms with Gasteiger partial charge in [0.1, 0.15) is 11.0 Å². The summed E-state index contributed by atoms with van der Waals surface area (Å²) in [7, 11) is 0. The molecule has 3 heterocycles. The second-order valence-corrected chi connectivity index (χ2v) is 11.4. The van der Waals surface area contributed by atoms with Crippen molar-refractivity contribution in [1.29, 1.82) is 0 Å². The highest BCUT2D eigenvalue weighted by Gasteiger charge is 2.28. The van der Waals surface area contributed by atoms with E-state index in [2.05, 4.69) is 15.3 Å². The number of carbonyl (C=O) groups is 2. The average Bonchev–Trinajstić information content (AvgIpc) is 3.59. The third-order valence-corrected chi connectivity index (χ3v) is 8.01. The van der Waals surface area contributed by atoms with Crippen LogP contribution in [0.2, 0.25) is 5.02 Å². The molecule has 12 heteroatoms. The number of ether oxygens (including phenoxy) is 2. The first-order chi connectivity index (χ1) is 19.2. The maximum Gasteiger partial charge on any atom is 0.246 e. The van der Waals surface area contributed by atoms with E-state index in [9.17, 15) is 9.59 Å². The van der Waals surface area contributed by atoms with Gasteiger partial charge in [-0.3, -0.25) is 9.59 Å². The van der Waals surface area contributed by atoms with Crippen LogP contribution in [0, 0.1) is 13.8 Å². The van der Waals surface area contributed by atoms with Crippen LogP contribution in [0.25, 0.3) is 11.3 Å². The Labute approximate surface area is 244 Å². The lowest BCUT2D eigenvalue weighted by Gasteiger charge is -2.27. The van der Waals surface area contributed by atoms with Crippen molar-refractivity contribution in [3.63, 3.8) is 0 Å². The molecule has 0 fully saturated rings. The fourth-order valence-electron chi connectivity index (χ4n) is 4.05. The van der Waals surface area contributed by atoms with Gasteiger partial charge >= 0.3 is 0 Å². The lowest BCUT2D eigenvalue weighted by Crippen LogP contribution is -2.46. The molecule has 1 aliphatic heterocycles. The zero-order chi connectivity index (χ0) is 28.2. The van der Waals surface area contributed by atoms with Crippen molar-refractivity contribution in [1.82, 2.24) is 19.9 Å². The second-order valence-electron chi connectivity index (χ2n) is 9.11. The van der Waals surface area contributed by atoms with Gasteiger partial charge in [-0.05, 0) is 51.1 Å². The molecule has 0 bridgehead atoms. The summed E-state index contributed by atoms with van der Waals surface area (Å²) in [5, 5.41) is 6.68. The van der Waals surface area contributed by atoms with E-state index in [0.717, 1.165) is 22.6 Å². The van der Waals surface area contributed by atoms with Gasteiger partial charge in [0.05, 0.1) is 18.0 Å². The molecule has 0 saturated heterocycles. The number of aromatic nitrogens is 3. The Morgan fingerprint density at radius 3 is 2.52 bits per heavy atom. The van der Waals surface area contributed by atoms with Crippen LogP contribution in [-0.2, 0) is 16.1 Å². The molecule has 2 aromatic carbocycles. The number of hydrogen-bond donors (Lipinski definition) is 1. The SMILES string of the molecule is Cc1cc(C)nc(SCC(=O)N(Cc2nc(-c3ccc(Cl)cc3)cs2)C(C)C(=O)Nc2ccc3c(c2)OCO3)n1. The molecule has 9 nitrogen and oxygen atoms in total. The molecule has 2 amide bonds. The first kappa shape index (κ1) is 27.9. The minimum Gasteiger partial charge on any atom is -0.454 e. The van der Waals surface area contributed by atoms with E-state index in [1.54, 1.807) is 37.3 Å². The Balaban J connectivity index is 1.34. The fourth-order valence-corrected chi connectivity index (χ4v) is 5.82. The number of nitrogens with zero attached hydrogens (tertiary/aromatic N) is 4. The summed E-state index contributed by atoms with van der Waals surface area (Å²) in [5.74, 6) is 0.674. The van der Waals surface area contributed by atoms with E-state index in [0.29, 0.717) is 32.4 Å². The van der Waals surface area contributed by atoms with Crippen LogP contribution in [-0.4, -0.2) is 50.3 Å². The monoisotopic (exact) mass is 595 g/mol. The summed E-state index contributed by atoms with van der Waals surface area (Å²) in [6.07, 6.45) is 0. The molecule has 1 N–H and O–H groups in total. The van der Waals surface area contributed by atoms with Crippen molar-refractivity contribution in [2.45, 2.75) is 38.5 Å². The minimum absolute atomic E-state index is 0.0694. The second kappa shape index (κ2) is 12.2. The van der Waals surface area contributed by atoms with Crippen LogP contribution >= 0.6 is 34.7 Å². The van der Waals surface area contributed by atoms with Crippen LogP contribution in [0.5, 0.6) is 11.5 Å². The maximum atomic E-state index is 13.6. The van der Waals surface area contributed by atoms with Gasteiger partial charge in [-0.2, -0.15) is 0 Å². The smallest absolute Gasteiger partial charge is 0.246 e. The Morgan fingerprint density at radius 2 is 1.77 bits per heavy atom. The summed E-state index contributed by atoms with van der Waals surface area (Å²) in [6, 6.07) is 13.7. The molecule has 206 valence electrons. The molecular formula is C28H26ClN5O4S2. The number of halogens is 1. The first-order valence-electron chi connectivity index (χ1n) is 12.4. The minimum atomic E-state index is -0.790. The van der Waals surface area contributed by atoms with Gasteiger partial charge in [-0.1, -0.05) is 35.5 Å². The van der Waals surface area contributed by atoms with Crippen molar-refractivity contribution < 1.29 is 19.1 Å². The number of thiazole rings is 1. The fraction of sp³-hybridized carbons (Fsp3) is 0.250. The van der Waals surface area contributed by atoms with Crippen LogP contribution in [0.3, 0.4) is 0 Å². The van der Waals surface area contributed by atoms with Gasteiger partial charge in [-0.25, -0.2) is 15.0 Å². The lowest BCUT2D eigenvalue weighted by molar-refractivity contribution is -0.136. The largest absolute Gasteiger partial charge is 0.454 e. The highest BCUT2D eigenvalue weighted by atomic mass is 35.5. The van der Waals surface area contributed by atoms with Gasteiger partial charge in [0.25, 0.3) is 0 Å². The Hall–Kier alpha value is -3.67. The molecule has 5 rings (SSSR count). The molecule has 4 aromatic rings. The Kier molecular flexibility index (Phi) is 8.53. The third kappa shape index (κ3) is 6.72. The number of amides is 2. The lowest BCUT2D eigenvalue weighted by atomic mass is 10.2. The third-order valence-electron chi connectivity index (χ3n) is 6.09. The van der Waals surface area contributed by atoms with Gasteiger partial charge in [0.2, 0.25) is 18.6 Å². The predicted molar refractivity (Wildman–Crippen MR) is 156 cm³/mol. The van der Waals surface area contributed by atoms with Crippen molar-refractivity contribution in [3.8, 4) is 22.8 Å². The molecule has 0 aliphatic carbocycles. The zero-order valence-corrected chi connectivity index (χ0v) is 24.4. The van der Waals surface area contributed by atoms with Crippen LogP contribution in [0.4, 0.5) is 5.69 Å². The van der Waals surface area contributed by atoms with Crippen LogP contribution < -0.4 is 14.8 Å². The van der Waals surface area contributed by atoms with Gasteiger partial charge in [0, 0.05) is 39.1 Å². The van der Waals surface area contributed by atoms with Gasteiger partial charge in [0.15, 0.2) is 16.7 Å². The summed E-state index contributed by atoms with van der Waals surface area (Å²) >= 11 is 8.69. The normalized spacial score (nSPS) is 12.7. The number of benzene rings is 2. The van der Waals surface area contributed by atoms with Crippen LogP contribution in [0.1, 0.15) is 23.3 Å². The van der Waals surface area contributed by atoms with Gasteiger partial charge in [-0.15, -0.1) is 11.3 Å². The molecule has 0 spiro atoms. The quantitative estimate of drug-likeness (QED) is 0.193. The molecule has 40 heavy (non-hydrogen) atoms. The summed E-state index contributed by atoms with van der Waals surface area (Å²) < 4.78 is 10.8. The van der Waals surface area contributed by atoms with E-state index in [1.165, 1.54) is 28.0 Å².